The van der Waals surface area contributed by atoms with Crippen LogP contribution < -0.4 is 15.4 Å². The van der Waals surface area contributed by atoms with E-state index >= 15 is 0 Å². The standard InChI is InChI=1S/C21H33N3O4/c1-6-7-20(25)23-16-8-9-18-17(10-16)21(26)24(4)12-19(27-5)14(2)11-22-15(3)13-28-18/h8-10,14-15,19,22H,6-7,11-13H2,1-5H3,(H,23,25)/t14-,15+,19-/m0/s1. The molecule has 0 fully saturated rings. The fourth-order valence-electron chi connectivity index (χ4n) is 3.19. The van der Waals surface area contributed by atoms with E-state index in [1.165, 1.54) is 0 Å². The minimum Gasteiger partial charge on any atom is -0.491 e. The van der Waals surface area contributed by atoms with Crippen LogP contribution in [-0.4, -0.2) is 62.7 Å². The molecule has 2 amide bonds. The number of hydrogen-bond acceptors (Lipinski definition) is 5. The number of amides is 2. The molecule has 0 spiro atoms. The summed E-state index contributed by atoms with van der Waals surface area (Å²) in [4.78, 5) is 26.7. The molecule has 0 aliphatic carbocycles. The summed E-state index contributed by atoms with van der Waals surface area (Å²) in [6.07, 6.45) is 1.13. The molecule has 0 bridgehead atoms. The van der Waals surface area contributed by atoms with Gasteiger partial charge in [-0.1, -0.05) is 13.8 Å². The first-order valence-electron chi connectivity index (χ1n) is 9.94. The zero-order valence-corrected chi connectivity index (χ0v) is 17.6. The van der Waals surface area contributed by atoms with E-state index in [1.807, 2.05) is 13.8 Å². The largest absolute Gasteiger partial charge is 0.491 e. The summed E-state index contributed by atoms with van der Waals surface area (Å²) < 4.78 is 11.6. The number of likely N-dealkylation sites (N-methyl/N-ethyl adjacent to an activating group) is 1. The number of ether oxygens (including phenoxy) is 2. The van der Waals surface area contributed by atoms with Gasteiger partial charge < -0.3 is 25.0 Å². The van der Waals surface area contributed by atoms with Crippen molar-refractivity contribution in [3.63, 3.8) is 0 Å². The van der Waals surface area contributed by atoms with Crippen molar-refractivity contribution in [3.05, 3.63) is 23.8 Å². The lowest BCUT2D eigenvalue weighted by molar-refractivity contribution is -0.116. The maximum atomic E-state index is 13.1. The third kappa shape index (κ3) is 5.94. The highest BCUT2D eigenvalue weighted by Gasteiger charge is 2.25. The highest BCUT2D eigenvalue weighted by molar-refractivity contribution is 5.99. The van der Waals surface area contributed by atoms with Crippen LogP contribution >= 0.6 is 0 Å². The Labute approximate surface area is 167 Å². The summed E-state index contributed by atoms with van der Waals surface area (Å²) in [6.45, 7) is 7.79. The Morgan fingerprint density at radius 3 is 2.82 bits per heavy atom. The number of methoxy groups -OCH3 is 1. The average molecular weight is 392 g/mol. The van der Waals surface area contributed by atoms with Crippen molar-refractivity contribution in [1.82, 2.24) is 10.2 Å². The molecular formula is C21H33N3O4. The van der Waals surface area contributed by atoms with Gasteiger partial charge in [-0.3, -0.25) is 9.59 Å². The van der Waals surface area contributed by atoms with Gasteiger partial charge in [-0.05, 0) is 37.5 Å². The zero-order chi connectivity index (χ0) is 20.7. The van der Waals surface area contributed by atoms with Crippen molar-refractivity contribution in [2.45, 2.75) is 45.8 Å². The van der Waals surface area contributed by atoms with Crippen molar-refractivity contribution in [1.29, 1.82) is 0 Å². The topological polar surface area (TPSA) is 79.9 Å². The van der Waals surface area contributed by atoms with Gasteiger partial charge >= 0.3 is 0 Å². The molecule has 2 rings (SSSR count). The van der Waals surface area contributed by atoms with Crippen LogP contribution in [0.4, 0.5) is 5.69 Å². The van der Waals surface area contributed by atoms with E-state index in [0.717, 1.165) is 13.0 Å². The van der Waals surface area contributed by atoms with Gasteiger partial charge in [-0.15, -0.1) is 0 Å². The maximum Gasteiger partial charge on any atom is 0.257 e. The molecular weight excluding hydrogens is 358 g/mol. The van der Waals surface area contributed by atoms with Crippen LogP contribution in [0.2, 0.25) is 0 Å². The summed E-state index contributed by atoms with van der Waals surface area (Å²) in [6, 6.07) is 5.34. The number of fused-ring (bicyclic) bond motifs is 1. The molecule has 156 valence electrons. The van der Waals surface area contributed by atoms with Gasteiger partial charge in [0.25, 0.3) is 5.91 Å². The average Bonchev–Trinajstić information content (AvgIpc) is 2.67. The first-order valence-corrected chi connectivity index (χ1v) is 9.94. The second kappa shape index (κ2) is 10.4. The predicted molar refractivity (Wildman–Crippen MR) is 110 cm³/mol. The van der Waals surface area contributed by atoms with E-state index < -0.39 is 0 Å². The lowest BCUT2D eigenvalue weighted by Gasteiger charge is -2.30. The first kappa shape index (κ1) is 22.2. The molecule has 7 nitrogen and oxygen atoms in total. The van der Waals surface area contributed by atoms with Crippen LogP contribution in [0.3, 0.4) is 0 Å². The Kier molecular flexibility index (Phi) is 8.26. The number of carbonyl (C=O) groups is 2. The van der Waals surface area contributed by atoms with Crippen molar-refractivity contribution in [2.75, 3.05) is 39.2 Å². The Bertz CT molecular complexity index is 680. The van der Waals surface area contributed by atoms with Gasteiger partial charge in [0.15, 0.2) is 0 Å². The molecule has 0 saturated heterocycles. The Hall–Kier alpha value is -2.12. The number of rotatable bonds is 4. The van der Waals surface area contributed by atoms with E-state index in [2.05, 4.69) is 17.6 Å². The molecule has 0 saturated carbocycles. The Balaban J connectivity index is 2.33. The van der Waals surface area contributed by atoms with Crippen LogP contribution in [0.15, 0.2) is 18.2 Å². The van der Waals surface area contributed by atoms with Crippen LogP contribution in [0.5, 0.6) is 5.75 Å². The summed E-state index contributed by atoms with van der Waals surface area (Å²) in [5, 5.41) is 6.31. The number of hydrogen-bond donors (Lipinski definition) is 2. The molecule has 2 N–H and O–H groups in total. The van der Waals surface area contributed by atoms with E-state index in [0.29, 0.717) is 36.6 Å². The van der Waals surface area contributed by atoms with Crippen molar-refractivity contribution < 1.29 is 19.1 Å². The van der Waals surface area contributed by atoms with Gasteiger partial charge in [0.2, 0.25) is 5.91 Å². The number of carbonyl (C=O) groups excluding carboxylic acids is 2. The monoisotopic (exact) mass is 391 g/mol. The lowest BCUT2D eigenvalue weighted by atomic mass is 10.0. The highest BCUT2D eigenvalue weighted by Crippen LogP contribution is 2.25. The molecule has 0 aromatic heterocycles. The highest BCUT2D eigenvalue weighted by atomic mass is 16.5. The second-order valence-corrected chi connectivity index (χ2v) is 7.57. The van der Waals surface area contributed by atoms with Crippen molar-refractivity contribution >= 4 is 17.5 Å². The Morgan fingerprint density at radius 1 is 1.39 bits per heavy atom. The molecule has 1 aliphatic rings. The molecule has 3 atom stereocenters. The third-order valence-electron chi connectivity index (χ3n) is 4.99. The van der Waals surface area contributed by atoms with Crippen LogP contribution in [0.25, 0.3) is 0 Å². The van der Waals surface area contributed by atoms with Crippen LogP contribution in [-0.2, 0) is 9.53 Å². The molecule has 7 heteroatoms. The zero-order valence-electron chi connectivity index (χ0n) is 17.6. The lowest BCUT2D eigenvalue weighted by Crippen LogP contribution is -2.44. The number of anilines is 1. The molecule has 0 radical (unpaired) electrons. The van der Waals surface area contributed by atoms with E-state index in [1.54, 1.807) is 37.3 Å². The summed E-state index contributed by atoms with van der Waals surface area (Å²) in [5.41, 5.74) is 1.03. The normalized spacial score (nSPS) is 23.8. The van der Waals surface area contributed by atoms with Crippen molar-refractivity contribution in [2.24, 2.45) is 5.92 Å². The molecule has 0 unspecified atom stereocenters. The smallest absolute Gasteiger partial charge is 0.257 e. The first-order chi connectivity index (χ1) is 13.3. The summed E-state index contributed by atoms with van der Waals surface area (Å²) >= 11 is 0. The molecule has 1 aromatic rings. The summed E-state index contributed by atoms with van der Waals surface area (Å²) in [5.74, 6) is 0.531. The maximum absolute atomic E-state index is 13.1. The number of nitrogens with zero attached hydrogens (tertiary/aromatic N) is 1. The van der Waals surface area contributed by atoms with Gasteiger partial charge in [0.05, 0.1) is 11.7 Å². The summed E-state index contributed by atoms with van der Waals surface area (Å²) in [7, 11) is 3.43. The van der Waals surface area contributed by atoms with E-state index in [4.69, 9.17) is 9.47 Å². The van der Waals surface area contributed by atoms with E-state index in [9.17, 15) is 9.59 Å². The Morgan fingerprint density at radius 2 is 2.14 bits per heavy atom. The minimum atomic E-state index is -0.156. The quantitative estimate of drug-likeness (QED) is 0.824. The SMILES string of the molecule is CCCC(=O)Nc1ccc2c(c1)C(=O)N(C)C[C@H](OC)[C@@H](C)CN[C@H](C)CO2. The van der Waals surface area contributed by atoms with Gasteiger partial charge in [-0.25, -0.2) is 0 Å². The fourth-order valence-corrected chi connectivity index (χ4v) is 3.19. The van der Waals surface area contributed by atoms with Gasteiger partial charge in [0.1, 0.15) is 12.4 Å². The molecule has 1 aromatic carbocycles. The van der Waals surface area contributed by atoms with Gasteiger partial charge in [0, 0.05) is 45.4 Å². The number of nitrogens with one attached hydrogen (secondary N) is 2. The van der Waals surface area contributed by atoms with Gasteiger partial charge in [-0.2, -0.15) is 0 Å². The fraction of sp³-hybridized carbons (Fsp3) is 0.619. The third-order valence-corrected chi connectivity index (χ3v) is 4.99. The second-order valence-electron chi connectivity index (χ2n) is 7.57. The number of benzene rings is 1. The van der Waals surface area contributed by atoms with Crippen LogP contribution in [0.1, 0.15) is 44.0 Å². The van der Waals surface area contributed by atoms with Crippen molar-refractivity contribution in [3.8, 4) is 5.75 Å². The predicted octanol–water partition coefficient (Wildman–Crippen LogP) is 2.52. The molecule has 28 heavy (non-hydrogen) atoms. The minimum absolute atomic E-state index is 0.0663. The van der Waals surface area contributed by atoms with E-state index in [-0.39, 0.29) is 29.9 Å². The molecule has 1 heterocycles. The van der Waals surface area contributed by atoms with Crippen LogP contribution in [0, 0.1) is 5.92 Å². The molecule has 1 aliphatic heterocycles.